The minimum Gasteiger partial charge on any atom is -0.497 e. The molecule has 1 N–H and O–H groups in total. The summed E-state index contributed by atoms with van der Waals surface area (Å²) in [6.45, 7) is 1.86. The summed E-state index contributed by atoms with van der Waals surface area (Å²) in [6, 6.07) is 14.7. The topological polar surface area (TPSA) is 97.6 Å². The van der Waals surface area contributed by atoms with E-state index in [1.807, 2.05) is 49.4 Å². The first-order valence-corrected chi connectivity index (χ1v) is 10.8. The van der Waals surface area contributed by atoms with Crippen molar-refractivity contribution in [1.29, 1.82) is 0 Å². The molecule has 0 fully saturated rings. The third kappa shape index (κ3) is 4.88. The van der Waals surface area contributed by atoms with E-state index in [0.717, 1.165) is 11.3 Å². The molecule has 1 atom stereocenters. The van der Waals surface area contributed by atoms with Gasteiger partial charge in [0.2, 0.25) is 17.7 Å². The van der Waals surface area contributed by atoms with E-state index < -0.39 is 0 Å². The number of fused-ring (bicyclic) bond motifs is 1. The van der Waals surface area contributed by atoms with Crippen LogP contribution in [0.4, 0.5) is 11.4 Å². The highest BCUT2D eigenvalue weighted by atomic mass is 32.2. The van der Waals surface area contributed by atoms with E-state index in [-0.39, 0.29) is 30.0 Å². The molecule has 2 heterocycles. The third-order valence-corrected chi connectivity index (χ3v) is 5.71. The van der Waals surface area contributed by atoms with Crippen LogP contribution in [0.5, 0.6) is 5.75 Å². The van der Waals surface area contributed by atoms with Crippen LogP contribution < -0.4 is 15.0 Å². The van der Waals surface area contributed by atoms with Crippen LogP contribution in [0.2, 0.25) is 0 Å². The molecule has 0 spiro atoms. The van der Waals surface area contributed by atoms with Crippen molar-refractivity contribution in [2.75, 3.05) is 23.1 Å². The van der Waals surface area contributed by atoms with Gasteiger partial charge >= 0.3 is 0 Å². The lowest BCUT2D eigenvalue weighted by atomic mass is 10.1. The number of carbonyl (C=O) groups excluding carboxylic acids is 2. The Bertz CT molecular complexity index is 1080. The molecule has 2 amide bonds. The van der Waals surface area contributed by atoms with Crippen molar-refractivity contribution < 1.29 is 18.7 Å². The lowest BCUT2D eigenvalue weighted by Crippen LogP contribution is -2.40. The monoisotopic (exact) mass is 438 g/mol. The van der Waals surface area contributed by atoms with Crippen LogP contribution in [0, 0.1) is 0 Å². The first-order valence-electron chi connectivity index (χ1n) is 9.82. The van der Waals surface area contributed by atoms with Gasteiger partial charge in [0.15, 0.2) is 0 Å². The molecule has 9 heteroatoms. The highest BCUT2D eigenvalue weighted by Crippen LogP contribution is 2.32. The van der Waals surface area contributed by atoms with Gasteiger partial charge < -0.3 is 19.4 Å². The number of ether oxygens (including phenoxy) is 1. The number of rotatable bonds is 6. The van der Waals surface area contributed by atoms with Gasteiger partial charge in [-0.1, -0.05) is 36.0 Å². The Balaban J connectivity index is 1.41. The number of carbonyl (C=O) groups is 2. The summed E-state index contributed by atoms with van der Waals surface area (Å²) in [4.78, 5) is 26.8. The molecule has 31 heavy (non-hydrogen) atoms. The fourth-order valence-electron chi connectivity index (χ4n) is 3.45. The van der Waals surface area contributed by atoms with Crippen LogP contribution in [0.25, 0.3) is 0 Å². The van der Waals surface area contributed by atoms with Gasteiger partial charge in [-0.05, 0) is 36.8 Å². The maximum Gasteiger partial charge on any atom is 0.277 e. The Hall–Kier alpha value is -3.33. The Morgan fingerprint density at radius 2 is 2.00 bits per heavy atom. The van der Waals surface area contributed by atoms with Crippen molar-refractivity contribution in [3.05, 3.63) is 60.0 Å². The molecular weight excluding hydrogens is 416 g/mol. The van der Waals surface area contributed by atoms with E-state index in [4.69, 9.17) is 9.15 Å². The van der Waals surface area contributed by atoms with Gasteiger partial charge in [-0.3, -0.25) is 9.59 Å². The molecule has 0 radical (unpaired) electrons. The Morgan fingerprint density at radius 3 is 2.77 bits per heavy atom. The summed E-state index contributed by atoms with van der Waals surface area (Å²) in [6.07, 6.45) is 0.730. The molecular formula is C22H22N4O4S. The second-order valence-electron chi connectivity index (χ2n) is 7.16. The molecule has 0 bridgehead atoms. The number of nitrogens with one attached hydrogen (secondary N) is 1. The number of benzene rings is 2. The number of thioether (sulfide) groups is 1. The zero-order valence-electron chi connectivity index (χ0n) is 17.2. The number of hydrogen-bond acceptors (Lipinski definition) is 7. The van der Waals surface area contributed by atoms with Gasteiger partial charge in [0.1, 0.15) is 5.75 Å². The first-order chi connectivity index (χ1) is 15.0. The van der Waals surface area contributed by atoms with Gasteiger partial charge in [-0.2, -0.15) is 0 Å². The highest BCUT2D eigenvalue weighted by Gasteiger charge is 2.29. The van der Waals surface area contributed by atoms with E-state index in [9.17, 15) is 9.59 Å². The second kappa shape index (κ2) is 9.22. The summed E-state index contributed by atoms with van der Waals surface area (Å²) >= 11 is 1.19. The van der Waals surface area contributed by atoms with Crippen molar-refractivity contribution in [2.45, 2.75) is 31.0 Å². The summed E-state index contributed by atoms with van der Waals surface area (Å²) in [5.41, 5.74) is 2.34. The average molecular weight is 439 g/mol. The molecule has 1 aliphatic rings. The number of hydrogen-bond donors (Lipinski definition) is 1. The minimum absolute atomic E-state index is 0.108. The molecule has 1 aliphatic heterocycles. The fraction of sp³-hybridized carbons (Fsp3) is 0.273. The van der Waals surface area contributed by atoms with Gasteiger partial charge in [0.05, 0.1) is 30.7 Å². The van der Waals surface area contributed by atoms with Crippen LogP contribution in [-0.2, 0) is 16.0 Å². The average Bonchev–Trinajstić information content (AvgIpc) is 3.16. The SMILES string of the molecule is COc1ccc(Cc2nnc(SCC(=O)N3c4ccccc4NC(=O)C[C@H]3C)o2)cc1. The van der Waals surface area contributed by atoms with Gasteiger partial charge in [-0.25, -0.2) is 0 Å². The van der Waals surface area contributed by atoms with Gasteiger partial charge in [-0.15, -0.1) is 10.2 Å². The lowest BCUT2D eigenvalue weighted by molar-refractivity contribution is -0.117. The molecule has 2 aromatic carbocycles. The standard InChI is InChI=1S/C22H22N4O4S/c1-14-11-19(27)23-17-5-3-4-6-18(17)26(14)21(28)13-31-22-25-24-20(30-22)12-15-7-9-16(29-2)10-8-15/h3-10,14H,11-13H2,1-2H3,(H,23,27)/t14-/m1/s1. The van der Waals surface area contributed by atoms with Crippen molar-refractivity contribution >= 4 is 35.0 Å². The molecule has 0 unspecified atom stereocenters. The number of amides is 2. The van der Waals surface area contributed by atoms with Gasteiger partial charge in [0.25, 0.3) is 5.22 Å². The molecule has 0 saturated carbocycles. The van der Waals surface area contributed by atoms with E-state index in [1.165, 1.54) is 11.8 Å². The maximum absolute atomic E-state index is 13.0. The number of methoxy groups -OCH3 is 1. The summed E-state index contributed by atoms with van der Waals surface area (Å²) in [7, 11) is 1.62. The Labute approximate surface area is 184 Å². The van der Waals surface area contributed by atoms with Gasteiger partial charge in [0, 0.05) is 12.5 Å². The molecule has 4 rings (SSSR count). The van der Waals surface area contributed by atoms with Crippen molar-refractivity contribution in [2.24, 2.45) is 0 Å². The number of para-hydroxylation sites is 2. The summed E-state index contributed by atoms with van der Waals surface area (Å²) in [5.74, 6) is 1.14. The van der Waals surface area contributed by atoms with Crippen LogP contribution in [0.15, 0.2) is 58.2 Å². The Kier molecular flexibility index (Phi) is 6.22. The second-order valence-corrected chi connectivity index (χ2v) is 8.08. The van der Waals surface area contributed by atoms with Crippen molar-refractivity contribution in [1.82, 2.24) is 10.2 Å². The smallest absolute Gasteiger partial charge is 0.277 e. The number of anilines is 2. The van der Waals surface area contributed by atoms with Crippen LogP contribution in [0.3, 0.4) is 0 Å². The van der Waals surface area contributed by atoms with Crippen molar-refractivity contribution in [3.8, 4) is 5.75 Å². The molecule has 0 saturated heterocycles. The predicted molar refractivity (Wildman–Crippen MR) is 117 cm³/mol. The number of aromatic nitrogens is 2. The van der Waals surface area contributed by atoms with E-state index in [2.05, 4.69) is 15.5 Å². The molecule has 3 aromatic rings. The largest absolute Gasteiger partial charge is 0.497 e. The molecule has 0 aliphatic carbocycles. The fourth-order valence-corrected chi connectivity index (χ4v) is 4.09. The van der Waals surface area contributed by atoms with Crippen LogP contribution in [0.1, 0.15) is 24.8 Å². The Morgan fingerprint density at radius 1 is 1.23 bits per heavy atom. The zero-order valence-corrected chi connectivity index (χ0v) is 18.0. The normalized spacial score (nSPS) is 15.7. The first kappa shape index (κ1) is 20.9. The zero-order chi connectivity index (χ0) is 21.8. The third-order valence-electron chi connectivity index (χ3n) is 4.91. The van der Waals surface area contributed by atoms with Crippen LogP contribution >= 0.6 is 11.8 Å². The summed E-state index contributed by atoms with van der Waals surface area (Å²) < 4.78 is 10.9. The molecule has 8 nitrogen and oxygen atoms in total. The van der Waals surface area contributed by atoms with Crippen molar-refractivity contribution in [3.63, 3.8) is 0 Å². The van der Waals surface area contributed by atoms with E-state index >= 15 is 0 Å². The molecule has 160 valence electrons. The van der Waals surface area contributed by atoms with E-state index in [1.54, 1.807) is 18.1 Å². The highest BCUT2D eigenvalue weighted by molar-refractivity contribution is 7.99. The summed E-state index contributed by atoms with van der Waals surface area (Å²) in [5, 5.41) is 11.3. The van der Waals surface area contributed by atoms with Crippen LogP contribution in [-0.4, -0.2) is 40.9 Å². The maximum atomic E-state index is 13.0. The quantitative estimate of drug-likeness (QED) is 0.588. The number of nitrogens with zero attached hydrogens (tertiary/aromatic N) is 3. The lowest BCUT2D eigenvalue weighted by Gasteiger charge is -2.27. The molecule has 1 aromatic heterocycles. The minimum atomic E-state index is -0.259. The van der Waals surface area contributed by atoms with E-state index in [0.29, 0.717) is 28.9 Å². The predicted octanol–water partition coefficient (Wildman–Crippen LogP) is 3.53.